The number of carbonyl (C=O) groups is 1. The second-order valence-corrected chi connectivity index (χ2v) is 6.44. The minimum atomic E-state index is -0.164. The Bertz CT molecular complexity index is 918. The molecule has 0 unspecified atom stereocenters. The monoisotopic (exact) mass is 357 g/mol. The number of hydrogen-bond donors (Lipinski definition) is 0. The zero-order valence-electron chi connectivity index (χ0n) is 13.6. The molecule has 7 heteroatoms. The summed E-state index contributed by atoms with van der Waals surface area (Å²) in [5.74, 6) is 0.697. The van der Waals surface area contributed by atoms with Crippen LogP contribution in [0.3, 0.4) is 0 Å². The summed E-state index contributed by atoms with van der Waals surface area (Å²) in [5.41, 5.74) is 2.18. The van der Waals surface area contributed by atoms with Crippen molar-refractivity contribution in [2.24, 2.45) is 0 Å². The van der Waals surface area contributed by atoms with Crippen molar-refractivity contribution < 1.29 is 13.8 Å². The third kappa shape index (κ3) is 2.82. The minimum absolute atomic E-state index is 0.132. The molecule has 1 aliphatic rings. The van der Waals surface area contributed by atoms with Crippen molar-refractivity contribution in [3.8, 4) is 11.3 Å². The van der Waals surface area contributed by atoms with Crippen molar-refractivity contribution in [2.75, 3.05) is 6.54 Å². The maximum atomic E-state index is 12.9. The number of benzene rings is 1. The molecule has 0 aliphatic carbocycles. The van der Waals surface area contributed by atoms with Gasteiger partial charge in [0.1, 0.15) is 17.1 Å². The number of aromatic nitrogens is 2. The van der Waals surface area contributed by atoms with E-state index in [0.717, 1.165) is 18.4 Å². The molecule has 0 spiro atoms. The number of amides is 1. The first-order chi connectivity index (χ1) is 12.1. The Hall–Kier alpha value is -2.60. The van der Waals surface area contributed by atoms with Crippen molar-refractivity contribution in [3.63, 3.8) is 0 Å². The molecular weight excluding hydrogens is 342 g/mol. The second-order valence-electron chi connectivity index (χ2n) is 6.04. The molecule has 1 atom stereocenters. The standard InChI is InChI=1S/C18H16ClN3O3/c1-11-17(21-25-20-11)14-7-4-10-22(14)18(23)16-9-8-15(24-16)12-5-2-3-6-13(12)19/h2-3,5-6,8-9,14H,4,7,10H2,1H3/t14-/m0/s1. The topological polar surface area (TPSA) is 72.4 Å². The summed E-state index contributed by atoms with van der Waals surface area (Å²) in [4.78, 5) is 14.7. The first-order valence-electron chi connectivity index (χ1n) is 8.10. The summed E-state index contributed by atoms with van der Waals surface area (Å²) in [7, 11) is 0. The van der Waals surface area contributed by atoms with Gasteiger partial charge in [-0.2, -0.15) is 0 Å². The highest BCUT2D eigenvalue weighted by Crippen LogP contribution is 2.35. The van der Waals surface area contributed by atoms with Crippen LogP contribution in [0.5, 0.6) is 0 Å². The Morgan fingerprint density at radius 3 is 2.84 bits per heavy atom. The fraction of sp³-hybridized carbons (Fsp3) is 0.278. The van der Waals surface area contributed by atoms with Crippen LogP contribution >= 0.6 is 11.6 Å². The van der Waals surface area contributed by atoms with E-state index in [1.807, 2.05) is 25.1 Å². The van der Waals surface area contributed by atoms with E-state index >= 15 is 0 Å². The number of hydrogen-bond acceptors (Lipinski definition) is 5. The Morgan fingerprint density at radius 2 is 2.08 bits per heavy atom. The molecule has 1 aliphatic heterocycles. The lowest BCUT2D eigenvalue weighted by Crippen LogP contribution is -2.30. The fourth-order valence-electron chi connectivity index (χ4n) is 3.23. The van der Waals surface area contributed by atoms with Crippen LogP contribution in [-0.2, 0) is 0 Å². The summed E-state index contributed by atoms with van der Waals surface area (Å²) in [6.07, 6.45) is 1.74. The normalized spacial score (nSPS) is 17.2. The molecule has 2 aromatic heterocycles. The number of carbonyl (C=O) groups excluding carboxylic acids is 1. The lowest BCUT2D eigenvalue weighted by atomic mass is 10.1. The molecule has 0 N–H and O–H groups in total. The van der Waals surface area contributed by atoms with Gasteiger partial charge >= 0.3 is 0 Å². The largest absolute Gasteiger partial charge is 0.451 e. The Balaban J connectivity index is 1.61. The van der Waals surface area contributed by atoms with Gasteiger partial charge in [0.15, 0.2) is 5.76 Å². The summed E-state index contributed by atoms with van der Waals surface area (Å²) in [5, 5.41) is 8.36. The molecule has 128 valence electrons. The summed E-state index contributed by atoms with van der Waals surface area (Å²) in [6, 6.07) is 10.7. The van der Waals surface area contributed by atoms with Gasteiger partial charge in [0.25, 0.3) is 5.91 Å². The van der Waals surface area contributed by atoms with E-state index in [0.29, 0.717) is 28.7 Å². The van der Waals surface area contributed by atoms with Crippen LogP contribution in [0.25, 0.3) is 11.3 Å². The van der Waals surface area contributed by atoms with Gasteiger partial charge < -0.3 is 9.32 Å². The summed E-state index contributed by atoms with van der Waals surface area (Å²) < 4.78 is 10.6. The average Bonchev–Trinajstić information content (AvgIpc) is 3.34. The number of aryl methyl sites for hydroxylation is 1. The van der Waals surface area contributed by atoms with Crippen LogP contribution in [0.1, 0.15) is 40.8 Å². The SMILES string of the molecule is Cc1nonc1[C@@H]1CCCN1C(=O)c1ccc(-c2ccccc2Cl)o1. The Morgan fingerprint density at radius 1 is 1.24 bits per heavy atom. The van der Waals surface area contributed by atoms with Crippen LogP contribution in [0.4, 0.5) is 0 Å². The highest BCUT2D eigenvalue weighted by molar-refractivity contribution is 6.33. The van der Waals surface area contributed by atoms with Gasteiger partial charge in [-0.3, -0.25) is 4.79 Å². The minimum Gasteiger partial charge on any atom is -0.451 e. The Labute approximate surface area is 149 Å². The first kappa shape index (κ1) is 15.9. The number of rotatable bonds is 3. The van der Waals surface area contributed by atoms with Gasteiger partial charge in [-0.25, -0.2) is 4.63 Å². The molecular formula is C18H16ClN3O3. The van der Waals surface area contributed by atoms with Gasteiger partial charge in [-0.15, -0.1) is 0 Å². The lowest BCUT2D eigenvalue weighted by molar-refractivity contribution is 0.0699. The molecule has 6 nitrogen and oxygen atoms in total. The van der Waals surface area contributed by atoms with Gasteiger partial charge in [0.05, 0.1) is 11.1 Å². The molecule has 4 rings (SSSR count). The lowest BCUT2D eigenvalue weighted by Gasteiger charge is -2.22. The van der Waals surface area contributed by atoms with Crippen LogP contribution < -0.4 is 0 Å². The first-order valence-corrected chi connectivity index (χ1v) is 8.47. The van der Waals surface area contributed by atoms with Crippen molar-refractivity contribution in [1.29, 1.82) is 0 Å². The quantitative estimate of drug-likeness (QED) is 0.700. The van der Waals surface area contributed by atoms with E-state index in [1.165, 1.54) is 0 Å². The maximum Gasteiger partial charge on any atom is 0.290 e. The fourth-order valence-corrected chi connectivity index (χ4v) is 3.46. The van der Waals surface area contributed by atoms with Gasteiger partial charge in [-0.1, -0.05) is 34.0 Å². The van der Waals surface area contributed by atoms with E-state index < -0.39 is 0 Å². The molecule has 1 amide bonds. The molecule has 0 radical (unpaired) electrons. The third-order valence-corrected chi connectivity index (χ3v) is 4.80. The number of nitrogens with zero attached hydrogens (tertiary/aromatic N) is 3. The molecule has 1 saturated heterocycles. The zero-order chi connectivity index (χ0) is 17.4. The molecule has 3 heterocycles. The zero-order valence-corrected chi connectivity index (χ0v) is 14.4. The third-order valence-electron chi connectivity index (χ3n) is 4.47. The molecule has 1 aromatic carbocycles. The maximum absolute atomic E-state index is 12.9. The highest BCUT2D eigenvalue weighted by Gasteiger charge is 2.35. The average molecular weight is 358 g/mol. The molecule has 3 aromatic rings. The van der Waals surface area contributed by atoms with Crippen LogP contribution in [0, 0.1) is 6.92 Å². The number of furan rings is 1. The van der Waals surface area contributed by atoms with E-state index in [-0.39, 0.29) is 17.7 Å². The predicted octanol–water partition coefficient (Wildman–Crippen LogP) is 4.27. The van der Waals surface area contributed by atoms with Crippen molar-refractivity contribution >= 4 is 17.5 Å². The van der Waals surface area contributed by atoms with Crippen LogP contribution in [0.2, 0.25) is 5.02 Å². The van der Waals surface area contributed by atoms with Gasteiger partial charge in [0.2, 0.25) is 0 Å². The molecule has 0 saturated carbocycles. The van der Waals surface area contributed by atoms with Gasteiger partial charge in [0, 0.05) is 12.1 Å². The Kier molecular flexibility index (Phi) is 4.05. The van der Waals surface area contributed by atoms with E-state index in [9.17, 15) is 4.79 Å². The summed E-state index contributed by atoms with van der Waals surface area (Å²) >= 11 is 6.20. The van der Waals surface area contributed by atoms with Crippen molar-refractivity contribution in [2.45, 2.75) is 25.8 Å². The molecule has 1 fully saturated rings. The summed E-state index contributed by atoms with van der Waals surface area (Å²) in [6.45, 7) is 2.48. The van der Waals surface area contributed by atoms with Crippen LogP contribution in [0.15, 0.2) is 45.4 Å². The van der Waals surface area contributed by atoms with E-state index in [2.05, 4.69) is 10.3 Å². The molecule has 25 heavy (non-hydrogen) atoms. The van der Waals surface area contributed by atoms with Crippen molar-refractivity contribution in [1.82, 2.24) is 15.2 Å². The van der Waals surface area contributed by atoms with Crippen LogP contribution in [-0.4, -0.2) is 27.7 Å². The van der Waals surface area contributed by atoms with Gasteiger partial charge in [-0.05, 0) is 44.0 Å². The predicted molar refractivity (Wildman–Crippen MR) is 91.2 cm³/mol. The van der Waals surface area contributed by atoms with E-state index in [4.69, 9.17) is 20.6 Å². The molecule has 0 bridgehead atoms. The second kappa shape index (κ2) is 6.37. The van der Waals surface area contributed by atoms with E-state index in [1.54, 1.807) is 23.1 Å². The number of likely N-dealkylation sites (tertiary alicyclic amines) is 1. The number of halogens is 1. The smallest absolute Gasteiger partial charge is 0.290 e. The highest BCUT2D eigenvalue weighted by atomic mass is 35.5. The van der Waals surface area contributed by atoms with Crippen molar-refractivity contribution in [3.05, 3.63) is 58.6 Å².